The van der Waals surface area contributed by atoms with Gasteiger partial charge in [-0.3, -0.25) is 14.5 Å². The van der Waals surface area contributed by atoms with Crippen LogP contribution in [0.5, 0.6) is 0 Å². The standard InChI is InChI=1S/C10H15NO5/c12-5-11(6-13)9(14)7-3-1-2-4-8(7)10(15)16/h1-2,7-8,12-13H,3-6H2,(H,15,16). The van der Waals surface area contributed by atoms with Crippen LogP contribution in [0.4, 0.5) is 0 Å². The minimum atomic E-state index is -1.03. The quantitative estimate of drug-likeness (QED) is 0.441. The van der Waals surface area contributed by atoms with Crippen molar-refractivity contribution in [3.05, 3.63) is 12.2 Å². The highest BCUT2D eigenvalue weighted by Gasteiger charge is 2.35. The van der Waals surface area contributed by atoms with Gasteiger partial charge in [0.1, 0.15) is 13.5 Å². The molecule has 0 aromatic rings. The second-order valence-corrected chi connectivity index (χ2v) is 3.65. The van der Waals surface area contributed by atoms with E-state index in [0.717, 1.165) is 4.90 Å². The molecule has 0 radical (unpaired) electrons. The second kappa shape index (κ2) is 5.62. The number of hydrogen-bond acceptors (Lipinski definition) is 4. The predicted molar refractivity (Wildman–Crippen MR) is 54.0 cm³/mol. The normalized spacial score (nSPS) is 24.1. The van der Waals surface area contributed by atoms with E-state index in [1.54, 1.807) is 12.2 Å². The molecule has 0 aromatic heterocycles. The molecule has 0 aromatic carbocycles. The van der Waals surface area contributed by atoms with Gasteiger partial charge in [-0.05, 0) is 12.8 Å². The zero-order valence-electron chi connectivity index (χ0n) is 8.74. The zero-order chi connectivity index (χ0) is 12.1. The second-order valence-electron chi connectivity index (χ2n) is 3.65. The van der Waals surface area contributed by atoms with Crippen LogP contribution in [-0.4, -0.2) is 45.6 Å². The molecule has 0 spiro atoms. The summed E-state index contributed by atoms with van der Waals surface area (Å²) in [5.74, 6) is -3.04. The van der Waals surface area contributed by atoms with Crippen molar-refractivity contribution >= 4 is 11.9 Å². The third-order valence-electron chi connectivity index (χ3n) is 2.72. The molecule has 1 rings (SSSR count). The van der Waals surface area contributed by atoms with Crippen LogP contribution in [0, 0.1) is 11.8 Å². The number of aliphatic hydroxyl groups excluding tert-OH is 2. The number of amides is 1. The highest BCUT2D eigenvalue weighted by molar-refractivity contribution is 5.85. The number of carboxylic acids is 1. The average molecular weight is 229 g/mol. The Morgan fingerprint density at radius 2 is 1.62 bits per heavy atom. The fourth-order valence-corrected chi connectivity index (χ4v) is 1.78. The third-order valence-corrected chi connectivity index (χ3v) is 2.72. The Kier molecular flexibility index (Phi) is 4.45. The Morgan fingerprint density at radius 1 is 1.12 bits per heavy atom. The van der Waals surface area contributed by atoms with Crippen molar-refractivity contribution in [2.75, 3.05) is 13.5 Å². The van der Waals surface area contributed by atoms with Crippen molar-refractivity contribution < 1.29 is 24.9 Å². The van der Waals surface area contributed by atoms with E-state index >= 15 is 0 Å². The summed E-state index contributed by atoms with van der Waals surface area (Å²) < 4.78 is 0. The number of carboxylic acid groups (broad SMARTS) is 1. The smallest absolute Gasteiger partial charge is 0.307 e. The first-order chi connectivity index (χ1) is 7.61. The number of carbonyl (C=O) groups excluding carboxylic acids is 1. The van der Waals surface area contributed by atoms with Gasteiger partial charge in [-0.25, -0.2) is 0 Å². The van der Waals surface area contributed by atoms with Crippen molar-refractivity contribution in [3.8, 4) is 0 Å². The van der Waals surface area contributed by atoms with Crippen LogP contribution in [0.15, 0.2) is 12.2 Å². The summed E-state index contributed by atoms with van der Waals surface area (Å²) in [7, 11) is 0. The first-order valence-electron chi connectivity index (χ1n) is 5.00. The van der Waals surface area contributed by atoms with Crippen LogP contribution < -0.4 is 0 Å². The van der Waals surface area contributed by atoms with Crippen molar-refractivity contribution in [1.29, 1.82) is 0 Å². The topological polar surface area (TPSA) is 98.1 Å². The fourth-order valence-electron chi connectivity index (χ4n) is 1.78. The van der Waals surface area contributed by atoms with Crippen LogP contribution in [0.25, 0.3) is 0 Å². The fraction of sp³-hybridized carbons (Fsp3) is 0.600. The van der Waals surface area contributed by atoms with Crippen LogP contribution in [0.3, 0.4) is 0 Å². The average Bonchev–Trinajstić information content (AvgIpc) is 2.30. The van der Waals surface area contributed by atoms with Gasteiger partial charge in [0.25, 0.3) is 0 Å². The van der Waals surface area contributed by atoms with Gasteiger partial charge in [0.2, 0.25) is 5.91 Å². The Morgan fingerprint density at radius 3 is 2.06 bits per heavy atom. The van der Waals surface area contributed by atoms with E-state index in [1.807, 2.05) is 0 Å². The van der Waals surface area contributed by atoms with Gasteiger partial charge in [0.15, 0.2) is 0 Å². The van der Waals surface area contributed by atoms with Crippen molar-refractivity contribution in [3.63, 3.8) is 0 Å². The van der Waals surface area contributed by atoms with Crippen LogP contribution in [0.2, 0.25) is 0 Å². The molecule has 3 N–H and O–H groups in total. The van der Waals surface area contributed by atoms with Gasteiger partial charge in [0, 0.05) is 0 Å². The zero-order valence-corrected chi connectivity index (χ0v) is 8.74. The summed E-state index contributed by atoms with van der Waals surface area (Å²) in [6, 6.07) is 0. The Balaban J connectivity index is 2.79. The van der Waals surface area contributed by atoms with Crippen molar-refractivity contribution in [2.24, 2.45) is 11.8 Å². The molecule has 1 amide bonds. The maximum atomic E-state index is 11.8. The van der Waals surface area contributed by atoms with E-state index in [2.05, 4.69) is 0 Å². The SMILES string of the molecule is O=C(O)C1CC=CCC1C(=O)N(CO)CO. The molecule has 0 aliphatic heterocycles. The molecule has 90 valence electrons. The van der Waals surface area contributed by atoms with Crippen LogP contribution in [-0.2, 0) is 9.59 Å². The summed E-state index contributed by atoms with van der Waals surface area (Å²) in [6.45, 7) is -1.22. The lowest BCUT2D eigenvalue weighted by Gasteiger charge is -2.28. The highest BCUT2D eigenvalue weighted by Crippen LogP contribution is 2.27. The molecule has 2 unspecified atom stereocenters. The molecule has 0 heterocycles. The van der Waals surface area contributed by atoms with E-state index in [1.165, 1.54) is 0 Å². The molecule has 0 fully saturated rings. The minimum Gasteiger partial charge on any atom is -0.481 e. The number of hydrogen-bond donors (Lipinski definition) is 3. The monoisotopic (exact) mass is 229 g/mol. The van der Waals surface area contributed by atoms with Crippen LogP contribution >= 0.6 is 0 Å². The van der Waals surface area contributed by atoms with E-state index in [9.17, 15) is 9.59 Å². The van der Waals surface area contributed by atoms with Gasteiger partial charge >= 0.3 is 5.97 Å². The molecule has 0 saturated carbocycles. The van der Waals surface area contributed by atoms with Gasteiger partial charge in [0.05, 0.1) is 11.8 Å². The highest BCUT2D eigenvalue weighted by atomic mass is 16.4. The minimum absolute atomic E-state index is 0.302. The molecule has 2 atom stereocenters. The largest absolute Gasteiger partial charge is 0.481 e. The number of aliphatic carboxylic acids is 1. The molecule has 6 nitrogen and oxygen atoms in total. The first-order valence-corrected chi connectivity index (χ1v) is 5.00. The lowest BCUT2D eigenvalue weighted by atomic mass is 9.82. The third kappa shape index (κ3) is 2.59. The molecule has 1 aliphatic rings. The number of carbonyl (C=O) groups is 2. The Hall–Kier alpha value is -1.40. The first kappa shape index (κ1) is 12.7. The number of nitrogens with zero attached hydrogens (tertiary/aromatic N) is 1. The number of allylic oxidation sites excluding steroid dienone is 2. The predicted octanol–water partition coefficient (Wildman–Crippen LogP) is -0.618. The van der Waals surface area contributed by atoms with E-state index in [4.69, 9.17) is 15.3 Å². The van der Waals surface area contributed by atoms with Gasteiger partial charge in [-0.1, -0.05) is 12.2 Å². The van der Waals surface area contributed by atoms with Crippen molar-refractivity contribution in [2.45, 2.75) is 12.8 Å². The molecule has 0 bridgehead atoms. The molecule has 0 saturated heterocycles. The Bertz CT molecular complexity index is 298. The van der Waals surface area contributed by atoms with E-state index in [-0.39, 0.29) is 0 Å². The number of rotatable bonds is 4. The molecule has 1 aliphatic carbocycles. The summed E-state index contributed by atoms with van der Waals surface area (Å²) in [5, 5.41) is 26.6. The maximum absolute atomic E-state index is 11.8. The molecule has 16 heavy (non-hydrogen) atoms. The van der Waals surface area contributed by atoms with E-state index in [0.29, 0.717) is 12.8 Å². The summed E-state index contributed by atoms with van der Waals surface area (Å²) in [6.07, 6.45) is 4.10. The molecular weight excluding hydrogens is 214 g/mol. The lowest BCUT2D eigenvalue weighted by molar-refractivity contribution is -0.154. The molecular formula is C10H15NO5. The Labute approximate surface area is 92.8 Å². The van der Waals surface area contributed by atoms with Crippen molar-refractivity contribution in [1.82, 2.24) is 4.90 Å². The van der Waals surface area contributed by atoms with Gasteiger partial charge in [-0.2, -0.15) is 0 Å². The van der Waals surface area contributed by atoms with Gasteiger partial charge < -0.3 is 15.3 Å². The summed E-state index contributed by atoms with van der Waals surface area (Å²) in [4.78, 5) is 23.5. The van der Waals surface area contributed by atoms with E-state index < -0.39 is 37.2 Å². The maximum Gasteiger partial charge on any atom is 0.307 e. The summed E-state index contributed by atoms with van der Waals surface area (Å²) in [5.41, 5.74) is 0. The summed E-state index contributed by atoms with van der Waals surface area (Å²) >= 11 is 0. The lowest BCUT2D eigenvalue weighted by Crippen LogP contribution is -2.42. The van der Waals surface area contributed by atoms with Crippen LogP contribution in [0.1, 0.15) is 12.8 Å². The van der Waals surface area contributed by atoms with Gasteiger partial charge in [-0.15, -0.1) is 0 Å². The molecule has 6 heteroatoms. The number of aliphatic hydroxyl groups is 2.